The van der Waals surface area contributed by atoms with Crippen molar-refractivity contribution in [3.05, 3.63) is 29.8 Å². The summed E-state index contributed by atoms with van der Waals surface area (Å²) in [6, 6.07) is 9.00. The van der Waals surface area contributed by atoms with E-state index in [1.54, 1.807) is 38.3 Å². The number of nitriles is 1. The van der Waals surface area contributed by atoms with E-state index in [1.165, 1.54) is 6.92 Å². The number of hydrogen-bond donors (Lipinski definition) is 0. The van der Waals surface area contributed by atoms with Gasteiger partial charge in [0.1, 0.15) is 11.8 Å². The van der Waals surface area contributed by atoms with Gasteiger partial charge in [0, 0.05) is 18.9 Å². The molecule has 0 amide bonds. The lowest BCUT2D eigenvalue weighted by Crippen LogP contribution is -2.29. The van der Waals surface area contributed by atoms with Crippen molar-refractivity contribution in [1.82, 2.24) is 0 Å². The van der Waals surface area contributed by atoms with E-state index in [0.29, 0.717) is 17.7 Å². The van der Waals surface area contributed by atoms with E-state index < -0.39 is 11.6 Å². The lowest BCUT2D eigenvalue weighted by atomic mass is 9.92. The van der Waals surface area contributed by atoms with Gasteiger partial charge in [-0.1, -0.05) is 19.1 Å². The first-order chi connectivity index (χ1) is 8.07. The maximum atomic E-state index is 11.1. The molecule has 0 aromatic heterocycles. The molecule has 0 aliphatic rings. The summed E-state index contributed by atoms with van der Waals surface area (Å²) < 4.78 is 10.2. The zero-order valence-electron chi connectivity index (χ0n) is 10.2. The van der Waals surface area contributed by atoms with Crippen molar-refractivity contribution in [1.29, 1.82) is 5.26 Å². The monoisotopic (exact) mass is 233 g/mol. The average molecular weight is 233 g/mol. The standard InChI is InChI=1S/C13H15NO3/c1-4-13(9-14,17-10(2)15)11-5-7-12(16-3)8-6-11/h5-8H,4H2,1-3H3/t13-/m1/s1. The Bertz CT molecular complexity index is 433. The number of nitrogens with zero attached hydrogens (tertiary/aromatic N) is 1. The van der Waals surface area contributed by atoms with Crippen LogP contribution in [0.2, 0.25) is 0 Å². The molecule has 0 aliphatic carbocycles. The van der Waals surface area contributed by atoms with E-state index in [-0.39, 0.29) is 0 Å². The van der Waals surface area contributed by atoms with Crippen molar-refractivity contribution < 1.29 is 14.3 Å². The zero-order chi connectivity index (χ0) is 12.9. The van der Waals surface area contributed by atoms with Crippen molar-refractivity contribution in [2.45, 2.75) is 25.9 Å². The summed E-state index contributed by atoms with van der Waals surface area (Å²) in [5, 5.41) is 9.25. The normalized spacial score (nSPS) is 13.3. The molecule has 1 atom stereocenters. The van der Waals surface area contributed by atoms with E-state index in [1.807, 2.05) is 0 Å². The molecule has 0 saturated carbocycles. The number of hydrogen-bond acceptors (Lipinski definition) is 4. The minimum absolute atomic E-state index is 0.398. The van der Waals surface area contributed by atoms with Crippen molar-refractivity contribution in [3.63, 3.8) is 0 Å². The van der Waals surface area contributed by atoms with Crippen LogP contribution in [0.15, 0.2) is 24.3 Å². The Morgan fingerprint density at radius 2 is 2.00 bits per heavy atom. The third-order valence-electron chi connectivity index (χ3n) is 2.55. The molecule has 0 aliphatic heterocycles. The van der Waals surface area contributed by atoms with Crippen LogP contribution in [0.1, 0.15) is 25.8 Å². The summed E-state index contributed by atoms with van der Waals surface area (Å²) in [4.78, 5) is 11.1. The van der Waals surface area contributed by atoms with Gasteiger partial charge in [0.15, 0.2) is 0 Å². The molecule has 4 nitrogen and oxygen atoms in total. The molecule has 0 spiro atoms. The first kappa shape index (κ1) is 13.0. The van der Waals surface area contributed by atoms with Gasteiger partial charge in [-0.3, -0.25) is 4.79 Å². The van der Waals surface area contributed by atoms with Crippen molar-refractivity contribution in [2.24, 2.45) is 0 Å². The van der Waals surface area contributed by atoms with Gasteiger partial charge in [-0.2, -0.15) is 5.26 Å². The second-order valence-electron chi connectivity index (χ2n) is 3.61. The Morgan fingerprint density at radius 3 is 2.35 bits per heavy atom. The second-order valence-corrected chi connectivity index (χ2v) is 3.61. The molecular formula is C13H15NO3. The molecule has 17 heavy (non-hydrogen) atoms. The summed E-state index contributed by atoms with van der Waals surface area (Å²) in [6.07, 6.45) is 0.398. The fraction of sp³-hybridized carbons (Fsp3) is 0.385. The molecule has 0 heterocycles. The molecule has 0 bridgehead atoms. The summed E-state index contributed by atoms with van der Waals surface area (Å²) in [5.74, 6) is 0.226. The van der Waals surface area contributed by atoms with Crippen molar-refractivity contribution in [3.8, 4) is 11.8 Å². The topological polar surface area (TPSA) is 59.3 Å². The van der Waals surface area contributed by atoms with E-state index >= 15 is 0 Å². The minimum atomic E-state index is -1.21. The van der Waals surface area contributed by atoms with Crippen LogP contribution in [-0.4, -0.2) is 13.1 Å². The predicted molar refractivity (Wildman–Crippen MR) is 62.3 cm³/mol. The molecule has 90 valence electrons. The number of methoxy groups -OCH3 is 1. The van der Waals surface area contributed by atoms with Gasteiger partial charge < -0.3 is 9.47 Å². The van der Waals surface area contributed by atoms with Crippen LogP contribution in [0, 0.1) is 11.3 Å². The quantitative estimate of drug-likeness (QED) is 0.749. The largest absolute Gasteiger partial charge is 0.497 e. The van der Waals surface area contributed by atoms with E-state index in [9.17, 15) is 10.1 Å². The van der Waals surface area contributed by atoms with Crippen LogP contribution in [0.5, 0.6) is 5.75 Å². The SMILES string of the molecule is CC[C@](C#N)(OC(C)=O)c1ccc(OC)cc1. The van der Waals surface area contributed by atoms with Gasteiger partial charge in [-0.05, 0) is 12.1 Å². The summed E-state index contributed by atoms with van der Waals surface area (Å²) in [6.45, 7) is 3.10. The third-order valence-corrected chi connectivity index (χ3v) is 2.55. The molecule has 1 aromatic rings. The average Bonchev–Trinajstić information content (AvgIpc) is 2.36. The van der Waals surface area contributed by atoms with Gasteiger partial charge in [0.2, 0.25) is 5.60 Å². The van der Waals surface area contributed by atoms with Crippen LogP contribution in [0.25, 0.3) is 0 Å². The number of carbonyl (C=O) groups is 1. The first-order valence-corrected chi connectivity index (χ1v) is 5.33. The van der Waals surface area contributed by atoms with Crippen LogP contribution in [0.4, 0.5) is 0 Å². The third kappa shape index (κ3) is 2.76. The second kappa shape index (κ2) is 5.35. The highest BCUT2D eigenvalue weighted by atomic mass is 16.6. The number of benzene rings is 1. The van der Waals surface area contributed by atoms with Gasteiger partial charge in [0.05, 0.1) is 7.11 Å². The predicted octanol–water partition coefficient (Wildman–Crippen LogP) is 2.39. The van der Waals surface area contributed by atoms with Crippen molar-refractivity contribution in [2.75, 3.05) is 7.11 Å². The molecular weight excluding hydrogens is 218 g/mol. The van der Waals surface area contributed by atoms with Gasteiger partial charge in [-0.25, -0.2) is 0 Å². The molecule has 0 unspecified atom stereocenters. The Kier molecular flexibility index (Phi) is 4.11. The van der Waals surface area contributed by atoms with Gasteiger partial charge >= 0.3 is 5.97 Å². The first-order valence-electron chi connectivity index (χ1n) is 5.33. The van der Waals surface area contributed by atoms with Gasteiger partial charge in [0.25, 0.3) is 0 Å². The number of carbonyl (C=O) groups excluding carboxylic acids is 1. The van der Waals surface area contributed by atoms with Crippen LogP contribution in [0.3, 0.4) is 0 Å². The number of esters is 1. The number of ether oxygens (including phenoxy) is 2. The maximum absolute atomic E-state index is 11.1. The highest BCUT2D eigenvalue weighted by molar-refractivity contribution is 5.67. The molecule has 4 heteroatoms. The Hall–Kier alpha value is -2.02. The molecule has 0 fully saturated rings. The summed E-state index contributed by atoms with van der Waals surface area (Å²) in [5.41, 5.74) is -0.559. The van der Waals surface area contributed by atoms with E-state index in [2.05, 4.69) is 6.07 Å². The molecule has 1 rings (SSSR count). The molecule has 0 N–H and O–H groups in total. The van der Waals surface area contributed by atoms with E-state index in [0.717, 1.165) is 0 Å². The minimum Gasteiger partial charge on any atom is -0.497 e. The highest BCUT2D eigenvalue weighted by Gasteiger charge is 2.33. The Labute approximate surface area is 101 Å². The summed E-state index contributed by atoms with van der Waals surface area (Å²) >= 11 is 0. The highest BCUT2D eigenvalue weighted by Crippen LogP contribution is 2.30. The molecule has 0 radical (unpaired) electrons. The fourth-order valence-corrected chi connectivity index (χ4v) is 1.61. The van der Waals surface area contributed by atoms with Crippen LogP contribution in [-0.2, 0) is 15.1 Å². The van der Waals surface area contributed by atoms with E-state index in [4.69, 9.17) is 9.47 Å². The lowest BCUT2D eigenvalue weighted by Gasteiger charge is -2.25. The smallest absolute Gasteiger partial charge is 0.304 e. The number of rotatable bonds is 4. The van der Waals surface area contributed by atoms with Gasteiger partial charge in [-0.15, -0.1) is 0 Å². The Morgan fingerprint density at radius 1 is 1.41 bits per heavy atom. The van der Waals surface area contributed by atoms with Crippen molar-refractivity contribution >= 4 is 5.97 Å². The fourth-order valence-electron chi connectivity index (χ4n) is 1.61. The molecule has 0 saturated heterocycles. The zero-order valence-corrected chi connectivity index (χ0v) is 10.2. The summed E-state index contributed by atoms with van der Waals surface area (Å²) in [7, 11) is 1.57. The van der Waals surface area contributed by atoms with Crippen LogP contribution < -0.4 is 4.74 Å². The van der Waals surface area contributed by atoms with Crippen LogP contribution >= 0.6 is 0 Å². The maximum Gasteiger partial charge on any atom is 0.304 e. The lowest BCUT2D eigenvalue weighted by molar-refractivity contribution is -0.152. The molecule has 1 aromatic carbocycles. The Balaban J connectivity index is 3.13.